The number of pyridine rings is 1. The van der Waals surface area contributed by atoms with E-state index >= 15 is 0 Å². The fourth-order valence-electron chi connectivity index (χ4n) is 3.70. The van der Waals surface area contributed by atoms with Crippen molar-refractivity contribution >= 4 is 18.2 Å². The van der Waals surface area contributed by atoms with Gasteiger partial charge in [0, 0.05) is 35.9 Å². The van der Waals surface area contributed by atoms with E-state index in [1.54, 1.807) is 18.5 Å². The van der Waals surface area contributed by atoms with E-state index in [4.69, 9.17) is 4.74 Å². The fraction of sp³-hybridized carbons (Fsp3) is 0.450. The Labute approximate surface area is 170 Å². The number of hydrogen-bond donors (Lipinski definition) is 0. The molecular formula is C20H25ClF3N3P-. The summed E-state index contributed by atoms with van der Waals surface area (Å²) in [6.45, 7) is 8.23. The molecule has 8 heteroatoms. The molecule has 0 amide bonds. The van der Waals surface area contributed by atoms with Crippen molar-refractivity contribution in [3.63, 3.8) is 0 Å². The number of hydrogen-bond acceptors (Lipinski definition) is 2. The molecule has 0 N–H and O–H groups in total. The van der Waals surface area contributed by atoms with Crippen LogP contribution in [0.25, 0.3) is 0 Å². The molecule has 2 heterocycles. The summed E-state index contributed by atoms with van der Waals surface area (Å²) in [7, 11) is -2.32. The lowest BCUT2D eigenvalue weighted by Gasteiger charge is -2.44. The summed E-state index contributed by atoms with van der Waals surface area (Å²) >= 11 is 0. The Balaban J connectivity index is 0.00000280. The molecule has 2 aromatic rings. The summed E-state index contributed by atoms with van der Waals surface area (Å²) in [6.07, 6.45) is 1.28. The lowest BCUT2D eigenvalue weighted by atomic mass is 10.2. The molecule has 1 atom stereocenters. The van der Waals surface area contributed by atoms with Crippen molar-refractivity contribution in [2.75, 3.05) is 13.1 Å². The highest BCUT2D eigenvalue weighted by atomic mass is 35.5. The summed E-state index contributed by atoms with van der Waals surface area (Å²) < 4.78 is 47.1. The summed E-state index contributed by atoms with van der Waals surface area (Å²) in [5.41, 5.74) is -0.274. The Hall–Kier alpha value is -1.36. The second-order valence-corrected chi connectivity index (χ2v) is 11.6. The molecule has 1 aromatic carbocycles. The van der Waals surface area contributed by atoms with Crippen molar-refractivity contribution in [3.05, 3.63) is 54.4 Å². The molecule has 0 aliphatic carbocycles. The largest absolute Gasteiger partial charge is 1.00 e. The van der Waals surface area contributed by atoms with Gasteiger partial charge in [0.15, 0.2) is 0 Å². The smallest absolute Gasteiger partial charge is 0.416 e. The molecule has 1 saturated heterocycles. The molecule has 1 fully saturated rings. The van der Waals surface area contributed by atoms with Crippen LogP contribution >= 0.6 is 7.21 Å². The van der Waals surface area contributed by atoms with Gasteiger partial charge in [0.1, 0.15) is 0 Å². The number of aromatic nitrogens is 1. The zero-order valence-corrected chi connectivity index (χ0v) is 17.9. The maximum atomic E-state index is 13.2. The first-order chi connectivity index (χ1) is 12.6. The minimum Gasteiger partial charge on any atom is -1.00 e. The van der Waals surface area contributed by atoms with E-state index in [0.717, 1.165) is 43.4 Å². The number of benzene rings is 1. The Kier molecular flexibility index (Phi) is 7.01. The van der Waals surface area contributed by atoms with Crippen LogP contribution < -0.4 is 17.7 Å². The first-order valence-corrected chi connectivity index (χ1v) is 10.8. The van der Waals surface area contributed by atoms with E-state index in [9.17, 15) is 13.2 Å². The van der Waals surface area contributed by atoms with Crippen LogP contribution in [0.5, 0.6) is 0 Å². The van der Waals surface area contributed by atoms with Crippen LogP contribution in [0, 0.1) is 0 Å². The van der Waals surface area contributed by atoms with Gasteiger partial charge in [0.25, 0.3) is 0 Å². The van der Waals surface area contributed by atoms with Gasteiger partial charge in [-0.1, -0.05) is 26.8 Å². The van der Waals surface area contributed by atoms with Crippen LogP contribution in [0.3, 0.4) is 0 Å². The van der Waals surface area contributed by atoms with Gasteiger partial charge in [-0.05, 0) is 43.2 Å². The van der Waals surface area contributed by atoms with Crippen molar-refractivity contribution < 1.29 is 25.6 Å². The van der Waals surface area contributed by atoms with Crippen molar-refractivity contribution in [3.8, 4) is 0 Å². The van der Waals surface area contributed by atoms with Crippen LogP contribution in [0.2, 0.25) is 0 Å². The third-order valence-electron chi connectivity index (χ3n) is 4.88. The molecule has 0 bridgehead atoms. The van der Waals surface area contributed by atoms with Gasteiger partial charge in [-0.2, -0.15) is 13.2 Å². The molecule has 154 valence electrons. The molecule has 28 heavy (non-hydrogen) atoms. The average Bonchev–Trinajstić information content (AvgIpc) is 3.13. The predicted octanol–water partition coefficient (Wildman–Crippen LogP) is 3.07. The van der Waals surface area contributed by atoms with Crippen LogP contribution in [-0.2, 0) is 6.18 Å². The minimum atomic E-state index is -4.38. The molecule has 0 spiro atoms. The van der Waals surface area contributed by atoms with Gasteiger partial charge in [0.05, 0.1) is 18.5 Å². The Morgan fingerprint density at radius 1 is 1.00 bits per heavy atom. The van der Waals surface area contributed by atoms with Crippen molar-refractivity contribution in [1.29, 1.82) is 0 Å². The third kappa shape index (κ3) is 4.45. The van der Waals surface area contributed by atoms with Crippen LogP contribution in [0.4, 0.5) is 18.9 Å². The van der Waals surface area contributed by atoms with Gasteiger partial charge in [-0.15, -0.1) is 0 Å². The van der Waals surface area contributed by atoms with E-state index in [-0.39, 0.29) is 17.6 Å². The Morgan fingerprint density at radius 3 is 2.14 bits per heavy atom. The summed E-state index contributed by atoms with van der Waals surface area (Å²) in [4.78, 5) is 4.13. The van der Waals surface area contributed by atoms with Crippen molar-refractivity contribution in [2.45, 2.75) is 44.9 Å². The zero-order chi connectivity index (χ0) is 19.7. The lowest BCUT2D eigenvalue weighted by Crippen LogP contribution is -3.00. The van der Waals surface area contributed by atoms with Crippen LogP contribution in [0.15, 0.2) is 53.5 Å². The van der Waals surface area contributed by atoms with E-state index in [2.05, 4.69) is 30.4 Å². The van der Waals surface area contributed by atoms with E-state index < -0.39 is 18.9 Å². The summed E-state index contributed by atoms with van der Waals surface area (Å²) in [6, 6.07) is 9.31. The molecule has 0 saturated carbocycles. The molecule has 1 aliphatic heterocycles. The average molecular weight is 431 g/mol. The monoisotopic (exact) mass is 430 g/mol. The zero-order valence-electron chi connectivity index (χ0n) is 16.2. The van der Waals surface area contributed by atoms with Crippen molar-refractivity contribution in [1.82, 2.24) is 9.65 Å². The van der Waals surface area contributed by atoms with Crippen LogP contribution in [-0.4, -0.2) is 27.9 Å². The van der Waals surface area contributed by atoms with E-state index in [1.165, 1.54) is 6.07 Å². The SMILES string of the molecule is CC(C)(C)P(=Nc1cccc(C(F)(F)F)c1)(c1ccncc1)N1CCCC1.[Cl-]. The minimum absolute atomic E-state index is 0. The van der Waals surface area contributed by atoms with E-state index in [1.807, 2.05) is 12.1 Å². The quantitative estimate of drug-likeness (QED) is 0.700. The first kappa shape index (κ1) is 22.9. The Morgan fingerprint density at radius 2 is 1.61 bits per heavy atom. The maximum Gasteiger partial charge on any atom is 0.416 e. The maximum absolute atomic E-state index is 13.2. The highest BCUT2D eigenvalue weighted by molar-refractivity contribution is 7.73. The number of rotatable bonds is 3. The normalized spacial score (nSPS) is 17.6. The van der Waals surface area contributed by atoms with Gasteiger partial charge >= 0.3 is 6.18 Å². The molecule has 1 aliphatic rings. The number of halogens is 4. The lowest BCUT2D eigenvalue weighted by molar-refractivity contribution is -0.137. The molecular weight excluding hydrogens is 406 g/mol. The molecule has 0 radical (unpaired) electrons. The summed E-state index contributed by atoms with van der Waals surface area (Å²) in [5.74, 6) is 0. The van der Waals surface area contributed by atoms with Crippen molar-refractivity contribution in [2.24, 2.45) is 4.74 Å². The number of alkyl halides is 3. The van der Waals surface area contributed by atoms with Gasteiger partial charge in [-0.3, -0.25) is 9.65 Å². The first-order valence-electron chi connectivity index (χ1n) is 9.10. The fourth-order valence-corrected chi connectivity index (χ4v) is 8.06. The molecule has 1 aromatic heterocycles. The molecule has 3 rings (SSSR count). The number of nitrogens with zero attached hydrogens (tertiary/aromatic N) is 3. The van der Waals surface area contributed by atoms with Gasteiger partial charge in [0.2, 0.25) is 0 Å². The van der Waals surface area contributed by atoms with E-state index in [0.29, 0.717) is 5.69 Å². The molecule has 3 nitrogen and oxygen atoms in total. The Bertz CT molecular complexity index is 842. The van der Waals surface area contributed by atoms with Crippen LogP contribution in [0.1, 0.15) is 39.2 Å². The van der Waals surface area contributed by atoms with Gasteiger partial charge < -0.3 is 12.4 Å². The van der Waals surface area contributed by atoms with Gasteiger partial charge in [-0.25, -0.2) is 4.74 Å². The third-order valence-corrected chi connectivity index (χ3v) is 9.51. The predicted molar refractivity (Wildman–Crippen MR) is 105 cm³/mol. The summed E-state index contributed by atoms with van der Waals surface area (Å²) in [5, 5.41) is 0.830. The topological polar surface area (TPSA) is 28.5 Å². The standard InChI is InChI=1S/C20H25F3N3P.ClH/c1-19(2,3)27(26-13-4-5-14-26,18-9-11-24-12-10-18)25-17-8-6-7-16(15-17)20(21,22)23;/h6-12,15H,4-5,13-14H2,1-3H3;1H/p-1. The second-order valence-electron chi connectivity index (χ2n) is 7.79. The molecule has 1 unspecified atom stereocenters. The highest BCUT2D eigenvalue weighted by Gasteiger charge is 2.42. The second kappa shape index (κ2) is 8.56. The highest BCUT2D eigenvalue weighted by Crippen LogP contribution is 2.64.